The number of terminal acetylenes is 1. The second-order valence-corrected chi connectivity index (χ2v) is 10.8. The molecule has 2 aromatic carbocycles. The molecule has 5 heteroatoms. The third kappa shape index (κ3) is 17.3. The van der Waals surface area contributed by atoms with Crippen LogP contribution in [0.25, 0.3) is 5.76 Å². The molecule has 0 aliphatic carbocycles. The van der Waals surface area contributed by atoms with Gasteiger partial charge in [-0.15, -0.1) is 12.8 Å². The molecule has 0 spiro atoms. The molecule has 0 aliphatic heterocycles. The van der Waals surface area contributed by atoms with E-state index in [4.69, 9.17) is 4.74 Å². The molecule has 0 bridgehead atoms. The van der Waals surface area contributed by atoms with Crippen LogP contribution in [-0.2, 0) is 9.53 Å². The Morgan fingerprint density at radius 2 is 1.44 bits per heavy atom. The number of hydrogen-bond acceptors (Lipinski definition) is 5. The molecule has 0 saturated carbocycles. The third-order valence-corrected chi connectivity index (χ3v) is 7.94. The highest BCUT2D eigenvalue weighted by atomic mass is 16.5. The van der Waals surface area contributed by atoms with Crippen molar-refractivity contribution >= 4 is 30.3 Å². The van der Waals surface area contributed by atoms with Gasteiger partial charge in [-0.05, 0) is 50.0 Å². The van der Waals surface area contributed by atoms with Crippen LogP contribution < -0.4 is 0 Å². The van der Waals surface area contributed by atoms with E-state index in [1.807, 2.05) is 82.3 Å². The molecule has 0 N–H and O–H groups in total. The van der Waals surface area contributed by atoms with Crippen LogP contribution in [0.4, 0.5) is 0 Å². The Bertz CT molecular complexity index is 1160. The molecule has 4 atom stereocenters. The van der Waals surface area contributed by atoms with E-state index < -0.39 is 0 Å². The molecule has 2 aromatic rings. The summed E-state index contributed by atoms with van der Waals surface area (Å²) >= 11 is 0. The number of nitrogens with zero attached hydrogens (tertiary/aromatic N) is 2. The Kier molecular flexibility index (Phi) is 26.7. The first kappa shape index (κ1) is 43.3. The van der Waals surface area contributed by atoms with E-state index in [9.17, 15) is 9.59 Å². The van der Waals surface area contributed by atoms with Crippen LogP contribution in [0, 0.1) is 30.6 Å². The van der Waals surface area contributed by atoms with E-state index in [0.717, 1.165) is 47.8 Å². The predicted molar refractivity (Wildman–Crippen MR) is 196 cm³/mol. The summed E-state index contributed by atoms with van der Waals surface area (Å²) in [6.07, 6.45) is 17.8. The zero-order chi connectivity index (χ0) is 34.6. The van der Waals surface area contributed by atoms with Crippen LogP contribution >= 0.6 is 0 Å². The highest BCUT2D eigenvalue weighted by Crippen LogP contribution is 2.27. The van der Waals surface area contributed by atoms with Gasteiger partial charge in [-0.25, -0.2) is 0 Å². The summed E-state index contributed by atoms with van der Waals surface area (Å²) in [6, 6.07) is 17.5. The topological polar surface area (TPSA) is 68.1 Å². The van der Waals surface area contributed by atoms with Crippen LogP contribution in [0.3, 0.4) is 0 Å². The molecule has 5 nitrogen and oxygen atoms in total. The quantitative estimate of drug-likeness (QED) is 0.0619. The van der Waals surface area contributed by atoms with Crippen molar-refractivity contribution in [2.24, 2.45) is 27.7 Å². The summed E-state index contributed by atoms with van der Waals surface area (Å²) < 4.78 is 6.18. The number of ketones is 1. The maximum atomic E-state index is 11.9. The lowest BCUT2D eigenvalue weighted by atomic mass is 9.86. The van der Waals surface area contributed by atoms with Gasteiger partial charge in [0.15, 0.2) is 5.78 Å². The molecular weight excluding hydrogens is 556 g/mol. The van der Waals surface area contributed by atoms with Crippen molar-refractivity contribution in [1.82, 2.24) is 0 Å². The van der Waals surface area contributed by atoms with E-state index >= 15 is 0 Å². The molecule has 0 amide bonds. The molecular formula is C40H60N2O3. The summed E-state index contributed by atoms with van der Waals surface area (Å²) in [7, 11) is 1.70. The fourth-order valence-corrected chi connectivity index (χ4v) is 4.49. The number of rotatable bonds is 16. The average Bonchev–Trinajstić information content (AvgIpc) is 3.10. The standard InChI is InChI=1S/C23H36O2.C13H16N2O.C2H6.C2H2/c1-7-17(3)18(4)14-15-21(8-2)16-25-23(19(5)20(6)24)22-12-10-9-11-13-22;1-3-13(15-9-8-14-2)12-7-5-4-6-11(12)10-16;2*1-2/h9-13,17-18,21H,7-8,14-16H2,1-6H3;4-10,13H,3H2,1-2H3;1-2H3;1-2H/b23-19+;;;/t17?,18-,21?;;;/m1.../s1. The summed E-state index contributed by atoms with van der Waals surface area (Å²) in [5, 5.41) is 0. The van der Waals surface area contributed by atoms with Gasteiger partial charge < -0.3 is 4.74 Å². The average molecular weight is 617 g/mol. The Balaban J connectivity index is 0. The minimum absolute atomic E-state index is 0.0272. The van der Waals surface area contributed by atoms with Crippen molar-refractivity contribution in [3.63, 3.8) is 0 Å². The zero-order valence-electron chi connectivity index (χ0n) is 29.8. The first-order valence-corrected chi connectivity index (χ1v) is 16.4. The molecule has 2 rings (SSSR count). The molecule has 0 aliphatic rings. The molecule has 3 unspecified atom stereocenters. The minimum atomic E-state index is 0.0272. The summed E-state index contributed by atoms with van der Waals surface area (Å²) in [4.78, 5) is 31.0. The Morgan fingerprint density at radius 3 is 1.96 bits per heavy atom. The maximum Gasteiger partial charge on any atom is 0.159 e. The number of ether oxygens (including phenoxy) is 1. The lowest BCUT2D eigenvalue weighted by molar-refractivity contribution is -0.113. The highest BCUT2D eigenvalue weighted by Gasteiger charge is 2.17. The number of allylic oxidation sites excluding steroid dienone is 1. The summed E-state index contributed by atoms with van der Waals surface area (Å²) in [5.41, 5.74) is 3.37. The van der Waals surface area contributed by atoms with E-state index in [-0.39, 0.29) is 11.8 Å². The number of benzene rings is 2. The normalized spacial score (nSPS) is 13.8. The van der Waals surface area contributed by atoms with Gasteiger partial charge in [-0.1, -0.05) is 122 Å². The first-order valence-electron chi connectivity index (χ1n) is 16.4. The van der Waals surface area contributed by atoms with Gasteiger partial charge in [0.05, 0.1) is 12.6 Å². The fourth-order valence-electron chi connectivity index (χ4n) is 4.49. The zero-order valence-corrected chi connectivity index (χ0v) is 29.8. The van der Waals surface area contributed by atoms with E-state index in [0.29, 0.717) is 23.7 Å². The largest absolute Gasteiger partial charge is 0.492 e. The third-order valence-electron chi connectivity index (χ3n) is 7.94. The van der Waals surface area contributed by atoms with Crippen LogP contribution in [0.15, 0.2) is 70.2 Å². The molecule has 0 saturated heterocycles. The lowest BCUT2D eigenvalue weighted by Crippen LogP contribution is -2.14. The van der Waals surface area contributed by atoms with E-state index in [2.05, 4.69) is 50.5 Å². The second kappa shape index (κ2) is 27.7. The van der Waals surface area contributed by atoms with Gasteiger partial charge in [0.2, 0.25) is 0 Å². The van der Waals surface area contributed by atoms with Gasteiger partial charge in [-0.2, -0.15) is 0 Å². The fraction of sp³-hybridized carbons (Fsp3) is 0.500. The Hall–Kier alpha value is -3.78. The van der Waals surface area contributed by atoms with Crippen molar-refractivity contribution in [2.75, 3.05) is 13.7 Å². The Labute approximate surface area is 275 Å². The molecule has 0 aromatic heterocycles. The molecule has 45 heavy (non-hydrogen) atoms. The molecule has 0 heterocycles. The van der Waals surface area contributed by atoms with Gasteiger partial charge in [0.25, 0.3) is 0 Å². The monoisotopic (exact) mass is 616 g/mol. The van der Waals surface area contributed by atoms with Crippen molar-refractivity contribution in [3.05, 3.63) is 76.9 Å². The minimum Gasteiger partial charge on any atom is -0.492 e. The Morgan fingerprint density at radius 1 is 0.844 bits per heavy atom. The van der Waals surface area contributed by atoms with Gasteiger partial charge >= 0.3 is 0 Å². The number of carbonyl (C=O) groups excluding carboxylic acids is 2. The number of aldehydes is 1. The molecule has 248 valence electrons. The predicted octanol–water partition coefficient (Wildman–Crippen LogP) is 10.5. The molecule has 0 radical (unpaired) electrons. The van der Waals surface area contributed by atoms with Gasteiger partial charge in [-0.3, -0.25) is 19.6 Å². The highest BCUT2D eigenvalue weighted by molar-refractivity contribution is 6.16. The number of carbonyl (C=O) groups is 2. The van der Waals surface area contributed by atoms with E-state index in [1.165, 1.54) is 19.3 Å². The van der Waals surface area contributed by atoms with Crippen molar-refractivity contribution in [3.8, 4) is 12.8 Å². The van der Waals surface area contributed by atoms with Crippen molar-refractivity contribution in [2.45, 2.75) is 100 Å². The number of Topliss-reactive ketones (excluding diaryl/α,β-unsaturated/α-hetero) is 1. The number of hydrogen-bond donors (Lipinski definition) is 0. The number of aliphatic imine (C=N–C) groups is 2. The van der Waals surface area contributed by atoms with Gasteiger partial charge in [0.1, 0.15) is 12.0 Å². The summed E-state index contributed by atoms with van der Waals surface area (Å²) in [6.45, 7) is 19.4. The van der Waals surface area contributed by atoms with Crippen LogP contribution in [0.2, 0.25) is 0 Å². The lowest BCUT2D eigenvalue weighted by Gasteiger charge is -2.23. The van der Waals surface area contributed by atoms with Crippen molar-refractivity contribution < 1.29 is 14.3 Å². The maximum absolute atomic E-state index is 11.9. The van der Waals surface area contributed by atoms with Gasteiger partial charge in [0, 0.05) is 36.2 Å². The molecule has 0 fully saturated rings. The van der Waals surface area contributed by atoms with Crippen LogP contribution in [-0.4, -0.2) is 38.2 Å². The summed E-state index contributed by atoms with van der Waals surface area (Å²) in [5.74, 6) is 2.86. The van der Waals surface area contributed by atoms with Crippen molar-refractivity contribution in [1.29, 1.82) is 0 Å². The van der Waals surface area contributed by atoms with Crippen LogP contribution in [0.1, 0.15) is 122 Å². The first-order chi connectivity index (χ1) is 21.7. The smallest absolute Gasteiger partial charge is 0.159 e. The second-order valence-electron chi connectivity index (χ2n) is 10.8. The van der Waals surface area contributed by atoms with E-state index in [1.54, 1.807) is 26.4 Å². The SMILES string of the molecule is C#C.CC.CCC(CC[C@@H](C)C(C)CC)CO/C(=C(\C)C(C)=O)c1ccccc1.CCC(N=CC=NC)c1ccccc1C=O. The van der Waals surface area contributed by atoms with Crippen LogP contribution in [0.5, 0.6) is 0 Å².